The Hall–Kier alpha value is -3.76. The van der Waals surface area contributed by atoms with Gasteiger partial charge in [0.2, 0.25) is 0 Å². The lowest BCUT2D eigenvalue weighted by molar-refractivity contribution is 0.467. The summed E-state index contributed by atoms with van der Waals surface area (Å²) in [6.07, 6.45) is 0. The molecule has 0 aliphatic carbocycles. The zero-order valence-corrected chi connectivity index (χ0v) is 22.5. The first-order valence-corrected chi connectivity index (χ1v) is 16.2. The highest BCUT2D eigenvalue weighted by molar-refractivity contribution is 7.89. The van der Waals surface area contributed by atoms with Crippen molar-refractivity contribution in [2.45, 2.75) is 19.6 Å². The number of aromatic amines is 2. The van der Waals surface area contributed by atoms with Gasteiger partial charge in [0.15, 0.2) is 0 Å². The van der Waals surface area contributed by atoms with Gasteiger partial charge in [0.05, 0.1) is 11.0 Å². The summed E-state index contributed by atoms with van der Waals surface area (Å²) in [5, 5.41) is 0. The zero-order chi connectivity index (χ0) is 29.4. The molecule has 2 heterocycles. The van der Waals surface area contributed by atoms with E-state index in [0.29, 0.717) is 11.1 Å². The SMILES string of the molecule is O=S(=O)(O)c1ccc2[nH]c(-c3ccc(-c4nc5c(S(=O)(=O)O)c(S(=O)(=O)O)ccc5[nH]4)cc3)nc2c1S(=O)(=O)O. The molecule has 5 aromatic rings. The van der Waals surface area contributed by atoms with Crippen molar-refractivity contribution in [1.29, 1.82) is 0 Å². The Morgan fingerprint density at radius 3 is 1.07 bits per heavy atom. The first kappa shape index (κ1) is 27.8. The van der Waals surface area contributed by atoms with Crippen LogP contribution in [0, 0.1) is 0 Å². The van der Waals surface area contributed by atoms with Crippen LogP contribution < -0.4 is 0 Å². The summed E-state index contributed by atoms with van der Waals surface area (Å²) in [6.45, 7) is 0. The molecule has 0 fully saturated rings. The lowest BCUT2D eigenvalue weighted by Gasteiger charge is -2.04. The molecule has 0 saturated heterocycles. The van der Waals surface area contributed by atoms with Crippen LogP contribution in [-0.4, -0.2) is 71.8 Å². The zero-order valence-electron chi connectivity index (χ0n) is 19.2. The Morgan fingerprint density at radius 1 is 0.475 bits per heavy atom. The van der Waals surface area contributed by atoms with Gasteiger partial charge in [0, 0.05) is 11.1 Å². The molecule has 0 radical (unpaired) electrons. The van der Waals surface area contributed by atoms with Gasteiger partial charge >= 0.3 is 0 Å². The minimum atomic E-state index is -5.14. The van der Waals surface area contributed by atoms with Crippen molar-refractivity contribution in [2.75, 3.05) is 0 Å². The number of rotatable bonds is 6. The predicted molar refractivity (Wildman–Crippen MR) is 136 cm³/mol. The molecule has 0 bridgehead atoms. The van der Waals surface area contributed by atoms with E-state index < -0.39 is 71.1 Å². The van der Waals surface area contributed by atoms with Crippen molar-refractivity contribution in [3.05, 3.63) is 48.5 Å². The average molecular weight is 631 g/mol. The van der Waals surface area contributed by atoms with Crippen molar-refractivity contribution < 1.29 is 51.9 Å². The van der Waals surface area contributed by atoms with E-state index in [9.17, 15) is 51.9 Å². The monoisotopic (exact) mass is 630 g/mol. The molecule has 0 atom stereocenters. The molecule has 0 unspecified atom stereocenters. The fourth-order valence-electron chi connectivity index (χ4n) is 4.03. The summed E-state index contributed by atoms with van der Waals surface area (Å²) >= 11 is 0. The van der Waals surface area contributed by atoms with Gasteiger partial charge in [-0.3, -0.25) is 18.2 Å². The van der Waals surface area contributed by atoms with Crippen LogP contribution in [0.5, 0.6) is 0 Å². The molecule has 0 saturated carbocycles. The molecule has 6 N–H and O–H groups in total. The van der Waals surface area contributed by atoms with E-state index >= 15 is 0 Å². The number of fused-ring (bicyclic) bond motifs is 2. The highest BCUT2D eigenvalue weighted by atomic mass is 32.2. The third-order valence-electron chi connectivity index (χ3n) is 5.65. The quantitative estimate of drug-likeness (QED) is 0.146. The molecular formula is C20H14N4O12S4. The normalized spacial score (nSPS) is 13.3. The Labute approximate surface area is 224 Å². The summed E-state index contributed by atoms with van der Waals surface area (Å²) in [6, 6.07) is 9.69. The molecule has 0 amide bonds. The summed E-state index contributed by atoms with van der Waals surface area (Å²) in [5.41, 5.74) is -0.216. The van der Waals surface area contributed by atoms with Crippen LogP contribution in [0.2, 0.25) is 0 Å². The van der Waals surface area contributed by atoms with Crippen LogP contribution in [0.4, 0.5) is 0 Å². The standard InChI is InChI=1S/C20H14N4O12S4/c25-37(26,27)13-7-5-11-15(17(13)39(31,32)33)23-19(21-11)9-1-2-10(4-3-9)20-22-12-6-8-14(38(28,29)30)18(16(12)24-20)40(34,35)36/h1-8H,(H,21,23)(H,22,24)(H,25,26,27)(H,28,29,30)(H,31,32,33)(H,34,35,36). The minimum Gasteiger partial charge on any atom is -0.338 e. The average Bonchev–Trinajstić information content (AvgIpc) is 3.44. The Kier molecular flexibility index (Phi) is 6.16. The third kappa shape index (κ3) is 4.86. The largest absolute Gasteiger partial charge is 0.338 e. The first-order chi connectivity index (χ1) is 18.4. The predicted octanol–water partition coefficient (Wildman–Crippen LogP) is 1.76. The number of hydrogen-bond donors (Lipinski definition) is 6. The Morgan fingerprint density at radius 2 is 0.800 bits per heavy atom. The molecule has 0 spiro atoms. The van der Waals surface area contributed by atoms with Crippen molar-refractivity contribution >= 4 is 62.5 Å². The van der Waals surface area contributed by atoms with E-state index in [4.69, 9.17) is 0 Å². The minimum absolute atomic E-state index is 0.0174. The maximum absolute atomic E-state index is 11.9. The van der Waals surface area contributed by atoms with Crippen molar-refractivity contribution in [3.8, 4) is 22.8 Å². The van der Waals surface area contributed by atoms with E-state index in [1.54, 1.807) is 0 Å². The van der Waals surface area contributed by atoms with Gasteiger partial charge in [0.1, 0.15) is 42.3 Å². The number of imidazole rings is 2. The molecule has 2 aromatic heterocycles. The second-order valence-electron chi connectivity index (χ2n) is 8.23. The van der Waals surface area contributed by atoms with Crippen molar-refractivity contribution in [2.24, 2.45) is 0 Å². The fraction of sp³-hybridized carbons (Fsp3) is 0. The van der Waals surface area contributed by atoms with Gasteiger partial charge < -0.3 is 9.97 Å². The molecule has 0 aliphatic heterocycles. The van der Waals surface area contributed by atoms with Gasteiger partial charge in [-0.1, -0.05) is 24.3 Å². The number of nitrogens with zero attached hydrogens (tertiary/aromatic N) is 2. The fourth-order valence-corrected chi connectivity index (χ4v) is 7.88. The molecular weight excluding hydrogens is 617 g/mol. The van der Waals surface area contributed by atoms with E-state index in [0.717, 1.165) is 24.3 Å². The summed E-state index contributed by atoms with van der Waals surface area (Å²) in [4.78, 5) is 9.29. The summed E-state index contributed by atoms with van der Waals surface area (Å²) in [7, 11) is -20.4. The van der Waals surface area contributed by atoms with Gasteiger partial charge in [-0.25, -0.2) is 9.97 Å². The van der Waals surface area contributed by atoms with E-state index in [1.165, 1.54) is 24.3 Å². The van der Waals surface area contributed by atoms with Crippen molar-refractivity contribution in [3.63, 3.8) is 0 Å². The molecule has 20 heteroatoms. The van der Waals surface area contributed by atoms with Crippen LogP contribution in [0.25, 0.3) is 44.8 Å². The first-order valence-electron chi connectivity index (χ1n) is 10.4. The smallest absolute Gasteiger partial charge is 0.298 e. The summed E-state index contributed by atoms with van der Waals surface area (Å²) < 4.78 is 132. The number of aromatic nitrogens is 4. The second-order valence-corrected chi connectivity index (χ2v) is 13.7. The van der Waals surface area contributed by atoms with Crippen LogP contribution in [0.1, 0.15) is 0 Å². The van der Waals surface area contributed by atoms with E-state index in [1.807, 2.05) is 0 Å². The molecule has 3 aromatic carbocycles. The number of benzene rings is 3. The molecule has 40 heavy (non-hydrogen) atoms. The summed E-state index contributed by atoms with van der Waals surface area (Å²) in [5.74, 6) is 0.0741. The molecule has 210 valence electrons. The Bertz CT molecular complexity index is 2140. The molecule has 5 rings (SSSR count). The maximum atomic E-state index is 11.9. The van der Waals surface area contributed by atoms with Gasteiger partial charge in [0.25, 0.3) is 40.5 Å². The highest BCUT2D eigenvalue weighted by Crippen LogP contribution is 2.33. The van der Waals surface area contributed by atoms with Gasteiger partial charge in [-0.05, 0) is 24.3 Å². The van der Waals surface area contributed by atoms with Crippen LogP contribution >= 0.6 is 0 Å². The van der Waals surface area contributed by atoms with E-state index in [-0.39, 0.29) is 22.7 Å². The topological polar surface area (TPSA) is 275 Å². The number of hydrogen-bond acceptors (Lipinski definition) is 10. The third-order valence-corrected chi connectivity index (χ3v) is 9.56. The highest BCUT2D eigenvalue weighted by Gasteiger charge is 2.30. The van der Waals surface area contributed by atoms with Gasteiger partial charge in [-0.15, -0.1) is 0 Å². The lowest BCUT2D eigenvalue weighted by atomic mass is 10.1. The van der Waals surface area contributed by atoms with Crippen LogP contribution in [0.3, 0.4) is 0 Å². The lowest BCUT2D eigenvalue weighted by Crippen LogP contribution is -2.09. The number of nitrogens with one attached hydrogen (secondary N) is 2. The number of H-pyrrole nitrogens is 2. The van der Waals surface area contributed by atoms with Gasteiger partial charge in [-0.2, -0.15) is 33.7 Å². The maximum Gasteiger partial charge on any atom is 0.298 e. The molecule has 0 aliphatic rings. The Balaban J connectivity index is 1.62. The van der Waals surface area contributed by atoms with Crippen molar-refractivity contribution in [1.82, 2.24) is 19.9 Å². The second kappa shape index (κ2) is 8.87. The van der Waals surface area contributed by atoms with E-state index in [2.05, 4.69) is 19.9 Å². The molecule has 16 nitrogen and oxygen atoms in total. The van der Waals surface area contributed by atoms with Crippen LogP contribution in [-0.2, 0) is 40.5 Å². The van der Waals surface area contributed by atoms with Crippen LogP contribution in [0.15, 0.2) is 68.1 Å².